The minimum Gasteiger partial charge on any atom is -0.497 e. The lowest BCUT2D eigenvalue weighted by Crippen LogP contribution is -2.69. The number of amides is 1. The van der Waals surface area contributed by atoms with Crippen molar-refractivity contribution in [3.05, 3.63) is 65.7 Å². The van der Waals surface area contributed by atoms with E-state index in [1.165, 1.54) is 11.1 Å². The largest absolute Gasteiger partial charge is 0.497 e. The number of ether oxygens (including phenoxy) is 1. The zero-order valence-corrected chi connectivity index (χ0v) is 19.1. The molecule has 2 heterocycles. The number of hydrogen-bond acceptors (Lipinski definition) is 4. The Morgan fingerprint density at radius 1 is 1.00 bits per heavy atom. The second-order valence-corrected chi connectivity index (χ2v) is 9.50. The lowest BCUT2D eigenvalue weighted by Gasteiger charge is -2.55. The van der Waals surface area contributed by atoms with Gasteiger partial charge in [-0.3, -0.25) is 14.6 Å². The maximum absolute atomic E-state index is 12.9. The number of carbonyl (C=O) groups is 1. The van der Waals surface area contributed by atoms with Crippen LogP contribution in [0.15, 0.2) is 54.6 Å². The van der Waals surface area contributed by atoms with Gasteiger partial charge in [-0.25, -0.2) is 0 Å². The molecule has 1 unspecified atom stereocenters. The number of nitrogens with zero attached hydrogens (tertiary/aromatic N) is 3. The van der Waals surface area contributed by atoms with Crippen LogP contribution in [-0.4, -0.2) is 72.0 Å². The highest BCUT2D eigenvalue weighted by Crippen LogP contribution is 2.29. The molecule has 0 N–H and O–H groups in total. The second-order valence-electron chi connectivity index (χ2n) is 9.50. The maximum Gasteiger partial charge on any atom is 0.222 e. The summed E-state index contributed by atoms with van der Waals surface area (Å²) in [5.74, 6) is 1.18. The molecule has 0 saturated carbocycles. The molecule has 2 aromatic rings. The molecule has 31 heavy (non-hydrogen) atoms. The van der Waals surface area contributed by atoms with Crippen molar-refractivity contribution in [3.8, 4) is 5.75 Å². The summed E-state index contributed by atoms with van der Waals surface area (Å²) in [7, 11) is 1.70. The first kappa shape index (κ1) is 21.8. The first-order valence-corrected chi connectivity index (χ1v) is 11.4. The molecule has 0 aliphatic carbocycles. The fourth-order valence-electron chi connectivity index (χ4n) is 5.20. The fraction of sp³-hybridized carbons (Fsp3) is 0.500. The van der Waals surface area contributed by atoms with Crippen molar-refractivity contribution >= 4 is 5.91 Å². The molecule has 2 aliphatic rings. The molecule has 2 aliphatic heterocycles. The molecule has 1 atom stereocenters. The zero-order valence-electron chi connectivity index (χ0n) is 19.1. The van der Waals surface area contributed by atoms with Crippen LogP contribution in [0.5, 0.6) is 5.75 Å². The van der Waals surface area contributed by atoms with Gasteiger partial charge in [0.05, 0.1) is 7.11 Å². The summed E-state index contributed by atoms with van der Waals surface area (Å²) >= 11 is 0. The zero-order chi connectivity index (χ0) is 21.8. The Morgan fingerprint density at radius 3 is 2.45 bits per heavy atom. The molecule has 5 nitrogen and oxygen atoms in total. The van der Waals surface area contributed by atoms with Crippen LogP contribution < -0.4 is 4.74 Å². The number of fused-ring (bicyclic) bond motifs is 1. The Morgan fingerprint density at radius 2 is 1.74 bits per heavy atom. The topological polar surface area (TPSA) is 36.0 Å². The molecular weight excluding hydrogens is 386 g/mol. The van der Waals surface area contributed by atoms with Gasteiger partial charge in [0.15, 0.2) is 0 Å². The summed E-state index contributed by atoms with van der Waals surface area (Å²) in [5.41, 5.74) is 2.64. The molecule has 5 heteroatoms. The SMILES string of the molecule is COc1ccc(CN2CC3CN(C(=O)CCc4ccccc4)CCN3C(C)(C)C2)cc1. The van der Waals surface area contributed by atoms with Crippen LogP contribution in [0, 0.1) is 0 Å². The number of rotatable bonds is 6. The Bertz CT molecular complexity index is 866. The fourth-order valence-corrected chi connectivity index (χ4v) is 5.20. The van der Waals surface area contributed by atoms with Crippen LogP contribution >= 0.6 is 0 Å². The van der Waals surface area contributed by atoms with E-state index in [-0.39, 0.29) is 11.4 Å². The predicted octanol–water partition coefficient (Wildman–Crippen LogP) is 3.44. The van der Waals surface area contributed by atoms with Gasteiger partial charge in [-0.2, -0.15) is 0 Å². The summed E-state index contributed by atoms with van der Waals surface area (Å²) in [4.78, 5) is 20.2. The molecule has 0 spiro atoms. The van der Waals surface area contributed by atoms with Gasteiger partial charge < -0.3 is 9.64 Å². The average Bonchev–Trinajstić information content (AvgIpc) is 2.78. The average molecular weight is 422 g/mol. The van der Waals surface area contributed by atoms with Gasteiger partial charge in [0.1, 0.15) is 5.75 Å². The van der Waals surface area contributed by atoms with E-state index in [1.807, 2.05) is 30.3 Å². The van der Waals surface area contributed by atoms with Gasteiger partial charge in [0, 0.05) is 57.3 Å². The monoisotopic (exact) mass is 421 g/mol. The van der Waals surface area contributed by atoms with Crippen LogP contribution in [0.4, 0.5) is 0 Å². The summed E-state index contributed by atoms with van der Waals surface area (Å²) in [6.07, 6.45) is 1.41. The molecule has 2 fully saturated rings. The van der Waals surface area contributed by atoms with E-state index in [4.69, 9.17) is 4.74 Å². The van der Waals surface area contributed by atoms with Gasteiger partial charge in [0.25, 0.3) is 0 Å². The van der Waals surface area contributed by atoms with Gasteiger partial charge in [0.2, 0.25) is 5.91 Å². The lowest BCUT2D eigenvalue weighted by atomic mass is 9.92. The molecule has 0 radical (unpaired) electrons. The van der Waals surface area contributed by atoms with Crippen molar-refractivity contribution in [2.45, 2.75) is 44.8 Å². The third-order valence-electron chi connectivity index (χ3n) is 6.73. The van der Waals surface area contributed by atoms with Crippen LogP contribution in [0.25, 0.3) is 0 Å². The molecule has 0 bridgehead atoms. The lowest BCUT2D eigenvalue weighted by molar-refractivity contribution is -0.139. The first-order valence-electron chi connectivity index (χ1n) is 11.4. The smallest absolute Gasteiger partial charge is 0.222 e. The summed E-state index contributed by atoms with van der Waals surface area (Å²) in [6, 6.07) is 19.1. The third kappa shape index (κ3) is 5.28. The van der Waals surface area contributed by atoms with Crippen LogP contribution in [-0.2, 0) is 17.8 Å². The van der Waals surface area contributed by atoms with E-state index in [9.17, 15) is 4.79 Å². The van der Waals surface area contributed by atoms with Crippen molar-refractivity contribution < 1.29 is 9.53 Å². The highest BCUT2D eigenvalue weighted by molar-refractivity contribution is 5.76. The van der Waals surface area contributed by atoms with Crippen LogP contribution in [0.2, 0.25) is 0 Å². The summed E-state index contributed by atoms with van der Waals surface area (Å²) < 4.78 is 5.29. The predicted molar refractivity (Wildman–Crippen MR) is 124 cm³/mol. The molecule has 166 valence electrons. The minimum atomic E-state index is 0.106. The Kier molecular flexibility index (Phi) is 6.63. The van der Waals surface area contributed by atoms with E-state index in [0.29, 0.717) is 12.5 Å². The van der Waals surface area contributed by atoms with Gasteiger partial charge in [-0.15, -0.1) is 0 Å². The Hall–Kier alpha value is -2.37. The number of methoxy groups -OCH3 is 1. The number of hydrogen-bond donors (Lipinski definition) is 0. The van der Waals surface area contributed by atoms with E-state index < -0.39 is 0 Å². The summed E-state index contributed by atoms with van der Waals surface area (Å²) in [5, 5.41) is 0. The van der Waals surface area contributed by atoms with Crippen molar-refractivity contribution in [1.29, 1.82) is 0 Å². The second kappa shape index (κ2) is 9.41. The van der Waals surface area contributed by atoms with Crippen molar-refractivity contribution in [2.24, 2.45) is 0 Å². The van der Waals surface area contributed by atoms with Gasteiger partial charge in [-0.1, -0.05) is 42.5 Å². The molecular formula is C26H35N3O2. The third-order valence-corrected chi connectivity index (χ3v) is 6.73. The first-order chi connectivity index (χ1) is 14.9. The highest BCUT2D eigenvalue weighted by Gasteiger charge is 2.43. The van der Waals surface area contributed by atoms with Crippen LogP contribution in [0.1, 0.15) is 31.4 Å². The maximum atomic E-state index is 12.9. The van der Waals surface area contributed by atoms with Crippen molar-refractivity contribution in [3.63, 3.8) is 0 Å². The Balaban J connectivity index is 1.37. The standard InChI is InChI=1S/C26H35N3O2/c1-26(2)20-27(17-22-9-12-24(31-3)13-10-22)18-23-19-28(15-16-29(23)26)25(30)14-11-21-7-5-4-6-8-21/h4-10,12-13,23H,11,14-20H2,1-3H3. The van der Waals surface area contributed by atoms with Gasteiger partial charge in [-0.05, 0) is 43.5 Å². The molecule has 2 saturated heterocycles. The molecule has 1 amide bonds. The number of benzene rings is 2. The van der Waals surface area contributed by atoms with E-state index in [2.05, 4.69) is 52.8 Å². The van der Waals surface area contributed by atoms with Crippen LogP contribution in [0.3, 0.4) is 0 Å². The van der Waals surface area contributed by atoms with E-state index in [1.54, 1.807) is 7.11 Å². The normalized spacial score (nSPS) is 21.5. The summed E-state index contributed by atoms with van der Waals surface area (Å²) in [6.45, 7) is 10.3. The number of aryl methyl sites for hydroxylation is 1. The number of piperazine rings is 2. The van der Waals surface area contributed by atoms with Gasteiger partial charge >= 0.3 is 0 Å². The Labute approximate surface area is 186 Å². The molecule has 4 rings (SSSR count). The quantitative estimate of drug-likeness (QED) is 0.716. The van der Waals surface area contributed by atoms with E-state index in [0.717, 1.165) is 51.4 Å². The van der Waals surface area contributed by atoms with Crippen molar-refractivity contribution in [2.75, 3.05) is 39.8 Å². The highest BCUT2D eigenvalue weighted by atomic mass is 16.5. The van der Waals surface area contributed by atoms with Crippen molar-refractivity contribution in [1.82, 2.24) is 14.7 Å². The number of carbonyl (C=O) groups excluding carboxylic acids is 1. The molecule has 2 aromatic carbocycles. The minimum absolute atomic E-state index is 0.106. The molecule has 0 aromatic heterocycles. The van der Waals surface area contributed by atoms with E-state index >= 15 is 0 Å².